The van der Waals surface area contributed by atoms with Crippen molar-refractivity contribution in [1.29, 1.82) is 0 Å². The highest BCUT2D eigenvalue weighted by Gasteiger charge is 2.25. The van der Waals surface area contributed by atoms with Crippen molar-refractivity contribution in [3.05, 3.63) is 54.1 Å². The minimum absolute atomic E-state index is 0. The summed E-state index contributed by atoms with van der Waals surface area (Å²) >= 11 is 0. The third kappa shape index (κ3) is 6.13. The second-order valence-electron chi connectivity index (χ2n) is 6.53. The zero-order chi connectivity index (χ0) is 19.1. The zero-order valence-electron chi connectivity index (χ0n) is 15.8. The molecule has 1 fully saturated rings. The van der Waals surface area contributed by atoms with Crippen LogP contribution in [0.15, 0.2) is 47.7 Å². The highest BCUT2D eigenvalue weighted by Crippen LogP contribution is 2.18. The lowest BCUT2D eigenvalue weighted by atomic mass is 10.1. The van der Waals surface area contributed by atoms with E-state index in [1.165, 1.54) is 18.0 Å². The molecule has 2 heterocycles. The lowest BCUT2D eigenvalue weighted by Gasteiger charge is -2.21. The molecule has 1 N–H and O–H groups in total. The average molecular weight is 505 g/mol. The molecule has 0 radical (unpaired) electrons. The Morgan fingerprint density at radius 3 is 2.86 bits per heavy atom. The van der Waals surface area contributed by atoms with Gasteiger partial charge in [0.2, 0.25) is 0 Å². The van der Waals surface area contributed by atoms with Crippen LogP contribution in [0.2, 0.25) is 0 Å². The Hall–Kier alpha value is -1.75. The van der Waals surface area contributed by atoms with E-state index in [-0.39, 0.29) is 36.3 Å². The van der Waals surface area contributed by atoms with Gasteiger partial charge in [-0.15, -0.1) is 24.0 Å². The molecule has 1 atom stereocenters. The van der Waals surface area contributed by atoms with E-state index in [9.17, 15) is 8.78 Å². The summed E-state index contributed by atoms with van der Waals surface area (Å²) in [5, 5.41) is 3.13. The van der Waals surface area contributed by atoms with Crippen LogP contribution in [0.1, 0.15) is 24.4 Å². The summed E-state index contributed by atoms with van der Waals surface area (Å²) in [6.45, 7) is 0.610. The Balaban J connectivity index is 0.00000280. The van der Waals surface area contributed by atoms with Gasteiger partial charge in [-0.3, -0.25) is 9.56 Å². The Morgan fingerprint density at radius 2 is 2.14 bits per heavy atom. The van der Waals surface area contributed by atoms with Crippen molar-refractivity contribution in [1.82, 2.24) is 19.8 Å². The van der Waals surface area contributed by atoms with Gasteiger partial charge in [0.1, 0.15) is 5.82 Å². The first kappa shape index (κ1) is 22.5. The van der Waals surface area contributed by atoms with Gasteiger partial charge in [0.25, 0.3) is 0 Å². The van der Waals surface area contributed by atoms with Gasteiger partial charge in [-0.1, -0.05) is 30.3 Å². The molecule has 154 valence electrons. The standard InChI is InChI=1S/C19H25F2N5O.HI/c1-22-19(24-11-17-23-8-10-26(17)18(20)21)25-9-7-16(12-25)14-27-13-15-5-3-2-4-6-15;/h2-6,8,10,16,18H,7,9,11-14H2,1H3,(H,22,24);1H. The molecule has 0 amide bonds. The van der Waals surface area contributed by atoms with E-state index < -0.39 is 6.55 Å². The first-order valence-electron chi connectivity index (χ1n) is 9.04. The van der Waals surface area contributed by atoms with Gasteiger partial charge < -0.3 is 15.0 Å². The summed E-state index contributed by atoms with van der Waals surface area (Å²) in [4.78, 5) is 10.4. The van der Waals surface area contributed by atoms with E-state index in [0.717, 1.165) is 24.1 Å². The minimum Gasteiger partial charge on any atom is -0.376 e. The van der Waals surface area contributed by atoms with Crippen molar-refractivity contribution in [2.75, 3.05) is 26.7 Å². The summed E-state index contributed by atoms with van der Waals surface area (Å²) in [6, 6.07) is 10.1. The number of hydrogen-bond acceptors (Lipinski definition) is 3. The molecule has 1 aromatic heterocycles. The van der Waals surface area contributed by atoms with Crippen molar-refractivity contribution in [2.24, 2.45) is 10.9 Å². The number of aliphatic imine (C=N–C) groups is 1. The topological polar surface area (TPSA) is 54.7 Å². The van der Waals surface area contributed by atoms with E-state index in [2.05, 4.69) is 32.3 Å². The van der Waals surface area contributed by atoms with E-state index in [1.807, 2.05) is 18.2 Å². The monoisotopic (exact) mass is 505 g/mol. The second-order valence-corrected chi connectivity index (χ2v) is 6.53. The number of nitrogens with zero attached hydrogens (tertiary/aromatic N) is 4. The van der Waals surface area contributed by atoms with Crippen LogP contribution < -0.4 is 5.32 Å². The van der Waals surface area contributed by atoms with Gasteiger partial charge in [0.15, 0.2) is 5.96 Å². The summed E-state index contributed by atoms with van der Waals surface area (Å²) < 4.78 is 32.5. The molecular formula is C19H26F2IN5O. The Kier molecular flexibility index (Phi) is 9.10. The van der Waals surface area contributed by atoms with Crippen molar-refractivity contribution in [2.45, 2.75) is 26.1 Å². The van der Waals surface area contributed by atoms with Crippen LogP contribution in [0.25, 0.3) is 0 Å². The molecule has 2 aromatic rings. The molecule has 1 aromatic carbocycles. The summed E-state index contributed by atoms with van der Waals surface area (Å²) in [5.74, 6) is 1.41. The fourth-order valence-corrected chi connectivity index (χ4v) is 3.23. The number of hydrogen-bond donors (Lipinski definition) is 1. The first-order valence-corrected chi connectivity index (χ1v) is 9.04. The van der Waals surface area contributed by atoms with Crippen molar-refractivity contribution in [3.63, 3.8) is 0 Å². The quantitative estimate of drug-likeness (QED) is 0.356. The van der Waals surface area contributed by atoms with E-state index in [0.29, 0.717) is 25.1 Å². The van der Waals surface area contributed by atoms with Gasteiger partial charge in [0.05, 0.1) is 19.8 Å². The van der Waals surface area contributed by atoms with Crippen LogP contribution in [-0.4, -0.2) is 47.2 Å². The molecule has 0 aliphatic carbocycles. The molecule has 1 saturated heterocycles. The number of guanidine groups is 1. The number of alkyl halides is 2. The van der Waals surface area contributed by atoms with Crippen molar-refractivity contribution >= 4 is 29.9 Å². The Morgan fingerprint density at radius 1 is 1.36 bits per heavy atom. The highest BCUT2D eigenvalue weighted by atomic mass is 127. The maximum absolute atomic E-state index is 12.9. The molecule has 6 nitrogen and oxygen atoms in total. The molecule has 1 aliphatic rings. The second kappa shape index (κ2) is 11.3. The third-order valence-electron chi connectivity index (χ3n) is 4.63. The largest absolute Gasteiger partial charge is 0.376 e. The molecule has 9 heteroatoms. The fourth-order valence-electron chi connectivity index (χ4n) is 3.23. The normalized spacial score (nSPS) is 17.1. The van der Waals surface area contributed by atoms with E-state index >= 15 is 0 Å². The molecule has 1 unspecified atom stereocenters. The number of ether oxygens (including phenoxy) is 1. The lowest BCUT2D eigenvalue weighted by Crippen LogP contribution is -2.40. The maximum atomic E-state index is 12.9. The van der Waals surface area contributed by atoms with Gasteiger partial charge in [-0.05, 0) is 12.0 Å². The lowest BCUT2D eigenvalue weighted by molar-refractivity contribution is 0.0668. The number of halogens is 3. The summed E-state index contributed by atoms with van der Waals surface area (Å²) in [6.07, 6.45) is 3.67. The Bertz CT molecular complexity index is 741. The summed E-state index contributed by atoms with van der Waals surface area (Å²) in [5.41, 5.74) is 1.17. The fraction of sp³-hybridized carbons (Fsp3) is 0.474. The van der Waals surface area contributed by atoms with Gasteiger partial charge in [-0.2, -0.15) is 8.78 Å². The average Bonchev–Trinajstić information content (AvgIpc) is 3.33. The number of aromatic nitrogens is 2. The zero-order valence-corrected chi connectivity index (χ0v) is 18.1. The smallest absolute Gasteiger partial charge is 0.319 e. The van der Waals surface area contributed by atoms with Crippen LogP contribution in [0, 0.1) is 5.92 Å². The molecule has 0 saturated carbocycles. The molecule has 0 spiro atoms. The van der Waals surface area contributed by atoms with E-state index in [4.69, 9.17) is 4.74 Å². The number of nitrogens with one attached hydrogen (secondary N) is 1. The van der Waals surface area contributed by atoms with Gasteiger partial charge in [0, 0.05) is 38.4 Å². The van der Waals surface area contributed by atoms with Crippen LogP contribution >= 0.6 is 24.0 Å². The molecule has 28 heavy (non-hydrogen) atoms. The van der Waals surface area contributed by atoms with Gasteiger partial charge in [-0.25, -0.2) is 4.98 Å². The number of rotatable bonds is 7. The van der Waals surface area contributed by atoms with Gasteiger partial charge >= 0.3 is 6.55 Å². The van der Waals surface area contributed by atoms with Crippen LogP contribution in [0.3, 0.4) is 0 Å². The van der Waals surface area contributed by atoms with Crippen LogP contribution in [0.4, 0.5) is 8.78 Å². The predicted molar refractivity (Wildman–Crippen MR) is 115 cm³/mol. The predicted octanol–water partition coefficient (Wildman–Crippen LogP) is 3.51. The van der Waals surface area contributed by atoms with E-state index in [1.54, 1.807) is 7.05 Å². The summed E-state index contributed by atoms with van der Waals surface area (Å²) in [7, 11) is 1.70. The Labute approximate surface area is 181 Å². The van der Waals surface area contributed by atoms with Crippen molar-refractivity contribution in [3.8, 4) is 0 Å². The molecule has 3 rings (SSSR count). The number of imidazole rings is 1. The number of benzene rings is 1. The number of likely N-dealkylation sites (tertiary alicyclic amines) is 1. The minimum atomic E-state index is -2.59. The maximum Gasteiger partial charge on any atom is 0.319 e. The van der Waals surface area contributed by atoms with Crippen molar-refractivity contribution < 1.29 is 13.5 Å². The molecule has 0 bridgehead atoms. The van der Waals surface area contributed by atoms with Crippen LogP contribution in [-0.2, 0) is 17.9 Å². The third-order valence-corrected chi connectivity index (χ3v) is 4.63. The SMILES string of the molecule is CN=C(NCc1nccn1C(F)F)N1CCC(COCc2ccccc2)C1.I. The highest BCUT2D eigenvalue weighted by molar-refractivity contribution is 14.0. The van der Waals surface area contributed by atoms with Crippen LogP contribution in [0.5, 0.6) is 0 Å². The molecular weight excluding hydrogens is 479 g/mol. The first-order chi connectivity index (χ1) is 13.2. The molecule has 1 aliphatic heterocycles.